The van der Waals surface area contributed by atoms with Crippen molar-refractivity contribution < 1.29 is 27.9 Å². The Morgan fingerprint density at radius 2 is 2.11 bits per heavy atom. The van der Waals surface area contributed by atoms with Gasteiger partial charge < -0.3 is 20.4 Å². The van der Waals surface area contributed by atoms with Crippen molar-refractivity contribution in [3.05, 3.63) is 22.7 Å². The van der Waals surface area contributed by atoms with Crippen LogP contribution in [0.2, 0.25) is 0 Å². The highest BCUT2D eigenvalue weighted by atomic mass is 79.9. The van der Waals surface area contributed by atoms with Gasteiger partial charge in [-0.2, -0.15) is 0 Å². The van der Waals surface area contributed by atoms with Crippen molar-refractivity contribution in [2.75, 3.05) is 6.61 Å². The van der Waals surface area contributed by atoms with Crippen LogP contribution < -0.4 is 15.2 Å². The zero-order valence-corrected chi connectivity index (χ0v) is 10.3. The lowest BCUT2D eigenvalue weighted by molar-refractivity contribution is -0.274. The van der Waals surface area contributed by atoms with Crippen molar-refractivity contribution in [1.29, 1.82) is 0 Å². The summed E-state index contributed by atoms with van der Waals surface area (Å²) in [6.07, 6.45) is -4.77. The Morgan fingerprint density at radius 3 is 2.61 bits per heavy atom. The highest BCUT2D eigenvalue weighted by Crippen LogP contribution is 2.33. The van der Waals surface area contributed by atoms with Gasteiger partial charge in [-0.25, -0.2) is 0 Å². The van der Waals surface area contributed by atoms with E-state index >= 15 is 0 Å². The molecular formula is C9H8BrF3N2O3. The van der Waals surface area contributed by atoms with Crippen molar-refractivity contribution in [2.45, 2.75) is 6.36 Å². The van der Waals surface area contributed by atoms with Gasteiger partial charge in [0.25, 0.3) is 0 Å². The fourth-order valence-corrected chi connectivity index (χ4v) is 1.40. The fourth-order valence-electron chi connectivity index (χ4n) is 0.965. The maximum atomic E-state index is 12.0. The fraction of sp³-hybridized carbons (Fsp3) is 0.222. The minimum Gasteiger partial charge on any atom is -0.486 e. The summed E-state index contributed by atoms with van der Waals surface area (Å²) < 4.78 is 44.8. The van der Waals surface area contributed by atoms with Crippen LogP contribution in [-0.2, 0) is 0 Å². The molecule has 0 aliphatic rings. The van der Waals surface area contributed by atoms with E-state index in [4.69, 9.17) is 15.7 Å². The van der Waals surface area contributed by atoms with Crippen LogP contribution in [0.25, 0.3) is 0 Å². The number of alkyl halides is 3. The monoisotopic (exact) mass is 328 g/mol. The van der Waals surface area contributed by atoms with Crippen LogP contribution in [0.1, 0.15) is 0 Å². The van der Waals surface area contributed by atoms with Gasteiger partial charge in [-0.05, 0) is 34.1 Å². The van der Waals surface area contributed by atoms with Crippen molar-refractivity contribution in [3.8, 4) is 11.5 Å². The average Bonchev–Trinajstić information content (AvgIpc) is 2.27. The summed E-state index contributed by atoms with van der Waals surface area (Å²) in [5.74, 6) is -0.316. The lowest BCUT2D eigenvalue weighted by Crippen LogP contribution is -2.21. The van der Waals surface area contributed by atoms with Crippen molar-refractivity contribution in [1.82, 2.24) is 0 Å². The molecule has 0 aliphatic heterocycles. The summed E-state index contributed by atoms with van der Waals surface area (Å²) in [4.78, 5) is 0. The zero-order valence-electron chi connectivity index (χ0n) is 8.74. The van der Waals surface area contributed by atoms with Crippen molar-refractivity contribution in [2.24, 2.45) is 10.9 Å². The molecule has 1 aromatic carbocycles. The molecule has 0 spiro atoms. The summed E-state index contributed by atoms with van der Waals surface area (Å²) in [7, 11) is 0. The Balaban J connectivity index is 2.73. The summed E-state index contributed by atoms with van der Waals surface area (Å²) >= 11 is 2.91. The third-order valence-electron chi connectivity index (χ3n) is 1.64. The number of oxime groups is 1. The molecule has 0 aliphatic carbocycles. The van der Waals surface area contributed by atoms with E-state index in [9.17, 15) is 13.2 Å². The maximum absolute atomic E-state index is 12.0. The van der Waals surface area contributed by atoms with E-state index in [-0.39, 0.29) is 22.7 Å². The molecule has 1 aromatic rings. The van der Waals surface area contributed by atoms with Gasteiger partial charge in [-0.15, -0.1) is 13.2 Å². The molecule has 0 atom stereocenters. The minimum atomic E-state index is -4.77. The van der Waals surface area contributed by atoms with Crippen molar-refractivity contribution >= 4 is 21.8 Å². The van der Waals surface area contributed by atoms with Crippen LogP contribution in [0, 0.1) is 0 Å². The lowest BCUT2D eigenvalue weighted by atomic mass is 10.3. The van der Waals surface area contributed by atoms with Crippen LogP contribution in [0.4, 0.5) is 13.2 Å². The van der Waals surface area contributed by atoms with Gasteiger partial charge in [0, 0.05) is 0 Å². The summed E-state index contributed by atoms with van der Waals surface area (Å²) in [5.41, 5.74) is 5.16. The first-order valence-corrected chi connectivity index (χ1v) is 5.25. The number of nitrogens with zero attached hydrogens (tertiary/aromatic N) is 1. The largest absolute Gasteiger partial charge is 0.573 e. The molecule has 0 radical (unpaired) electrons. The zero-order chi connectivity index (χ0) is 13.8. The standard InChI is InChI=1S/C9H8BrF3N2O3/c10-6-3-5(17-4-8(14)15-16)1-2-7(6)18-9(11,12)13/h1-3,16H,4H2,(H2,14,15). The third-order valence-corrected chi connectivity index (χ3v) is 2.26. The smallest absolute Gasteiger partial charge is 0.486 e. The highest BCUT2D eigenvalue weighted by molar-refractivity contribution is 9.10. The second-order valence-electron chi connectivity index (χ2n) is 3.02. The first-order chi connectivity index (χ1) is 8.31. The van der Waals surface area contributed by atoms with Gasteiger partial charge in [0.2, 0.25) is 0 Å². The molecule has 0 saturated heterocycles. The van der Waals surface area contributed by atoms with Gasteiger partial charge in [-0.1, -0.05) is 5.16 Å². The number of rotatable bonds is 4. The molecule has 5 nitrogen and oxygen atoms in total. The lowest BCUT2D eigenvalue weighted by Gasteiger charge is -2.11. The van der Waals surface area contributed by atoms with Gasteiger partial charge >= 0.3 is 6.36 Å². The molecule has 18 heavy (non-hydrogen) atoms. The van der Waals surface area contributed by atoms with Crippen LogP contribution >= 0.6 is 15.9 Å². The number of ether oxygens (including phenoxy) is 2. The molecular weight excluding hydrogens is 321 g/mol. The molecule has 0 amide bonds. The molecule has 0 saturated carbocycles. The predicted octanol–water partition coefficient (Wildman–Crippen LogP) is 2.47. The van der Waals surface area contributed by atoms with E-state index in [0.717, 1.165) is 6.07 Å². The van der Waals surface area contributed by atoms with Gasteiger partial charge in [0.1, 0.15) is 18.1 Å². The summed E-state index contributed by atoms with van der Waals surface area (Å²) in [6.45, 7) is -0.192. The SMILES string of the molecule is N/C(COc1ccc(OC(F)(F)F)c(Br)c1)=N/O. The number of hydrogen-bond acceptors (Lipinski definition) is 4. The highest BCUT2D eigenvalue weighted by Gasteiger charge is 2.31. The van der Waals surface area contributed by atoms with Gasteiger partial charge in [0.15, 0.2) is 5.84 Å². The second-order valence-corrected chi connectivity index (χ2v) is 3.87. The molecule has 0 fully saturated rings. The van der Waals surface area contributed by atoms with Gasteiger partial charge in [0.05, 0.1) is 4.47 Å². The number of halogens is 4. The molecule has 0 heterocycles. The topological polar surface area (TPSA) is 77.1 Å². The van der Waals surface area contributed by atoms with E-state index in [0.29, 0.717) is 0 Å². The first kappa shape index (κ1) is 14.4. The Hall–Kier alpha value is -1.64. The number of amidine groups is 1. The molecule has 0 aromatic heterocycles. The normalized spacial score (nSPS) is 12.3. The van der Waals surface area contributed by atoms with E-state index in [1.165, 1.54) is 12.1 Å². The average molecular weight is 329 g/mol. The number of benzene rings is 1. The molecule has 100 valence electrons. The van der Waals surface area contributed by atoms with Crippen LogP contribution in [0.3, 0.4) is 0 Å². The molecule has 0 bridgehead atoms. The maximum Gasteiger partial charge on any atom is 0.573 e. The third kappa shape index (κ3) is 4.70. The molecule has 3 N–H and O–H groups in total. The predicted molar refractivity (Wildman–Crippen MR) is 59.7 cm³/mol. The summed E-state index contributed by atoms with van der Waals surface area (Å²) in [6, 6.07) is 3.61. The van der Waals surface area contributed by atoms with E-state index < -0.39 is 12.1 Å². The summed E-state index contributed by atoms with van der Waals surface area (Å²) in [5, 5.41) is 10.9. The molecule has 0 unspecified atom stereocenters. The van der Waals surface area contributed by atoms with E-state index in [1.54, 1.807) is 0 Å². The Morgan fingerprint density at radius 1 is 1.44 bits per heavy atom. The van der Waals surface area contributed by atoms with Crippen LogP contribution in [0.5, 0.6) is 11.5 Å². The Bertz CT molecular complexity index is 451. The molecule has 9 heteroatoms. The second kappa shape index (κ2) is 5.80. The van der Waals surface area contributed by atoms with Crippen molar-refractivity contribution in [3.63, 3.8) is 0 Å². The quantitative estimate of drug-likeness (QED) is 0.385. The Kier molecular flexibility index (Phi) is 4.65. The Labute approximate surface area is 108 Å². The van der Waals surface area contributed by atoms with E-state index in [1.807, 2.05) is 0 Å². The first-order valence-electron chi connectivity index (χ1n) is 4.46. The number of nitrogens with two attached hydrogens (primary N) is 1. The minimum absolute atomic E-state index is 0.0665. The molecule has 1 rings (SSSR count). The number of hydrogen-bond donors (Lipinski definition) is 2. The van der Waals surface area contributed by atoms with E-state index in [2.05, 4.69) is 25.8 Å². The van der Waals surface area contributed by atoms with Gasteiger partial charge in [-0.3, -0.25) is 0 Å². The van der Waals surface area contributed by atoms with Crippen LogP contribution in [0.15, 0.2) is 27.8 Å². The van der Waals surface area contributed by atoms with Crippen LogP contribution in [-0.4, -0.2) is 24.0 Å².